The van der Waals surface area contributed by atoms with E-state index in [0.29, 0.717) is 36.4 Å². The van der Waals surface area contributed by atoms with Gasteiger partial charge in [-0.15, -0.1) is 0 Å². The predicted molar refractivity (Wildman–Crippen MR) is 129 cm³/mol. The van der Waals surface area contributed by atoms with Crippen LogP contribution in [0.4, 0.5) is 0 Å². The van der Waals surface area contributed by atoms with Gasteiger partial charge in [-0.3, -0.25) is 9.59 Å². The van der Waals surface area contributed by atoms with E-state index in [2.05, 4.69) is 6.58 Å². The van der Waals surface area contributed by atoms with Crippen molar-refractivity contribution in [1.29, 1.82) is 0 Å². The number of amides is 1. The highest BCUT2D eigenvalue weighted by Crippen LogP contribution is 2.41. The van der Waals surface area contributed by atoms with Gasteiger partial charge in [0.15, 0.2) is 11.5 Å². The molecule has 3 rings (SSSR count). The molecule has 2 aromatic rings. The van der Waals surface area contributed by atoms with E-state index in [1.807, 2.05) is 19.0 Å². The molecule has 180 valence electrons. The van der Waals surface area contributed by atoms with Crippen molar-refractivity contribution < 1.29 is 29.3 Å². The number of methoxy groups -OCH3 is 1. The minimum absolute atomic E-state index is 0.0117. The van der Waals surface area contributed by atoms with Crippen molar-refractivity contribution in [2.75, 3.05) is 40.9 Å². The highest BCUT2D eigenvalue weighted by Gasteiger charge is 2.46. The molecule has 1 aliphatic rings. The van der Waals surface area contributed by atoms with Crippen LogP contribution >= 0.6 is 0 Å². The number of aliphatic hydroxyl groups is 1. The SMILES string of the molecule is C=CCOc1ccc(/C(O)=C2\C(=O)C(=O)N(CCCN(C)C)C2c2ccc(O)c(OC)c2)cc1. The molecule has 0 saturated carbocycles. The van der Waals surface area contributed by atoms with Crippen LogP contribution in [-0.4, -0.2) is 72.6 Å². The molecule has 8 heteroatoms. The number of ketones is 1. The lowest BCUT2D eigenvalue weighted by atomic mass is 9.95. The molecule has 34 heavy (non-hydrogen) atoms. The van der Waals surface area contributed by atoms with Crippen molar-refractivity contribution in [1.82, 2.24) is 9.80 Å². The number of phenols is 1. The first-order valence-electron chi connectivity index (χ1n) is 10.9. The smallest absolute Gasteiger partial charge is 0.295 e. The molecule has 0 spiro atoms. The van der Waals surface area contributed by atoms with E-state index in [0.717, 1.165) is 6.54 Å². The zero-order valence-electron chi connectivity index (χ0n) is 19.7. The molecular formula is C26H30N2O6. The number of rotatable bonds is 10. The van der Waals surface area contributed by atoms with Crippen LogP contribution in [0.2, 0.25) is 0 Å². The molecule has 0 aliphatic carbocycles. The molecule has 2 N–H and O–H groups in total. The third kappa shape index (κ3) is 5.23. The third-order valence-electron chi connectivity index (χ3n) is 5.56. The summed E-state index contributed by atoms with van der Waals surface area (Å²) >= 11 is 0. The number of aromatic hydroxyl groups is 1. The van der Waals surface area contributed by atoms with Crippen LogP contribution in [0.1, 0.15) is 23.6 Å². The molecule has 1 aliphatic heterocycles. The number of hydrogen-bond donors (Lipinski definition) is 2. The van der Waals surface area contributed by atoms with Gasteiger partial charge in [0.05, 0.1) is 18.7 Å². The molecule has 1 amide bonds. The summed E-state index contributed by atoms with van der Waals surface area (Å²) < 4.78 is 10.7. The molecule has 0 bridgehead atoms. The second kappa shape index (κ2) is 10.9. The van der Waals surface area contributed by atoms with Crippen LogP contribution in [0.15, 0.2) is 60.7 Å². The standard InChI is InChI=1S/C26H30N2O6/c1-5-15-34-19-10-7-17(8-11-19)24(30)22-23(18-9-12-20(29)21(16-18)33-4)28(26(32)25(22)31)14-6-13-27(2)3/h5,7-12,16,23,29-30H,1,6,13-15H2,2-4H3/b24-22+. The van der Waals surface area contributed by atoms with Gasteiger partial charge in [-0.2, -0.15) is 0 Å². The number of hydrogen-bond acceptors (Lipinski definition) is 7. The predicted octanol–water partition coefficient (Wildman–Crippen LogP) is 3.34. The molecule has 1 unspecified atom stereocenters. The van der Waals surface area contributed by atoms with E-state index in [1.165, 1.54) is 18.1 Å². The number of carbonyl (C=O) groups excluding carboxylic acids is 2. The average Bonchev–Trinajstić information content (AvgIpc) is 3.07. The van der Waals surface area contributed by atoms with Gasteiger partial charge in [0, 0.05) is 12.1 Å². The summed E-state index contributed by atoms with van der Waals surface area (Å²) in [6, 6.07) is 10.4. The number of nitrogens with zero attached hydrogens (tertiary/aromatic N) is 2. The Labute approximate surface area is 199 Å². The fraction of sp³-hybridized carbons (Fsp3) is 0.308. The van der Waals surface area contributed by atoms with E-state index in [-0.39, 0.29) is 22.8 Å². The second-order valence-electron chi connectivity index (χ2n) is 8.20. The first kappa shape index (κ1) is 24.9. The molecule has 1 fully saturated rings. The van der Waals surface area contributed by atoms with Crippen LogP contribution in [0, 0.1) is 0 Å². The maximum Gasteiger partial charge on any atom is 0.295 e. The minimum atomic E-state index is -0.826. The maximum absolute atomic E-state index is 13.1. The lowest BCUT2D eigenvalue weighted by Gasteiger charge is -2.26. The molecular weight excluding hydrogens is 436 g/mol. The van der Waals surface area contributed by atoms with Gasteiger partial charge in [0.25, 0.3) is 11.7 Å². The molecule has 8 nitrogen and oxygen atoms in total. The van der Waals surface area contributed by atoms with Crippen molar-refractivity contribution in [3.63, 3.8) is 0 Å². The van der Waals surface area contributed by atoms with Crippen molar-refractivity contribution in [2.45, 2.75) is 12.5 Å². The first-order chi connectivity index (χ1) is 16.3. The lowest BCUT2D eigenvalue weighted by Crippen LogP contribution is -2.32. The summed E-state index contributed by atoms with van der Waals surface area (Å²) in [5.74, 6) is -0.984. The first-order valence-corrected chi connectivity index (χ1v) is 10.9. The number of benzene rings is 2. The number of likely N-dealkylation sites (tertiary alicyclic amines) is 1. The molecule has 2 aromatic carbocycles. The van der Waals surface area contributed by atoms with Gasteiger partial charge in [-0.1, -0.05) is 18.7 Å². The summed E-state index contributed by atoms with van der Waals surface area (Å²) in [5, 5.41) is 21.2. The van der Waals surface area contributed by atoms with Gasteiger partial charge in [-0.25, -0.2) is 0 Å². The van der Waals surface area contributed by atoms with Gasteiger partial charge >= 0.3 is 0 Å². The Morgan fingerprint density at radius 1 is 1.18 bits per heavy atom. The molecule has 1 saturated heterocycles. The van der Waals surface area contributed by atoms with Crippen molar-refractivity contribution in [2.24, 2.45) is 0 Å². The van der Waals surface area contributed by atoms with Gasteiger partial charge < -0.3 is 29.5 Å². The monoisotopic (exact) mass is 466 g/mol. The number of carbonyl (C=O) groups is 2. The van der Waals surface area contributed by atoms with E-state index in [4.69, 9.17) is 9.47 Å². The normalized spacial score (nSPS) is 17.3. The Hall–Kier alpha value is -3.78. The fourth-order valence-corrected chi connectivity index (χ4v) is 3.90. The Kier molecular flexibility index (Phi) is 7.96. The van der Waals surface area contributed by atoms with Gasteiger partial charge in [-0.05, 0) is 69.0 Å². The number of phenolic OH excluding ortho intramolecular Hbond substituents is 1. The molecule has 1 heterocycles. The minimum Gasteiger partial charge on any atom is -0.507 e. The van der Waals surface area contributed by atoms with Gasteiger partial charge in [0.2, 0.25) is 0 Å². The van der Waals surface area contributed by atoms with Crippen LogP contribution in [0.25, 0.3) is 5.76 Å². The summed E-state index contributed by atoms with van der Waals surface area (Å²) in [6.07, 6.45) is 2.26. The van der Waals surface area contributed by atoms with Gasteiger partial charge in [0.1, 0.15) is 18.1 Å². The van der Waals surface area contributed by atoms with Crippen LogP contribution in [-0.2, 0) is 9.59 Å². The Morgan fingerprint density at radius 2 is 1.88 bits per heavy atom. The topological polar surface area (TPSA) is 99.5 Å². The summed E-state index contributed by atoms with van der Waals surface area (Å²) in [4.78, 5) is 29.6. The summed E-state index contributed by atoms with van der Waals surface area (Å²) in [6.45, 7) is 4.99. The van der Waals surface area contributed by atoms with E-state index >= 15 is 0 Å². The van der Waals surface area contributed by atoms with Crippen molar-refractivity contribution in [3.05, 3.63) is 71.8 Å². The van der Waals surface area contributed by atoms with Crippen LogP contribution in [0.5, 0.6) is 17.2 Å². The Bertz CT molecular complexity index is 1090. The lowest BCUT2D eigenvalue weighted by molar-refractivity contribution is -0.139. The highest BCUT2D eigenvalue weighted by molar-refractivity contribution is 6.46. The third-order valence-corrected chi connectivity index (χ3v) is 5.56. The zero-order chi connectivity index (χ0) is 24.8. The number of Topliss-reactive ketones (excluding diaryl/α,β-unsaturated/α-hetero) is 1. The number of ether oxygens (including phenoxy) is 2. The molecule has 0 aromatic heterocycles. The molecule has 1 atom stereocenters. The van der Waals surface area contributed by atoms with E-state index in [9.17, 15) is 19.8 Å². The van der Waals surface area contributed by atoms with E-state index < -0.39 is 17.7 Å². The average molecular weight is 467 g/mol. The largest absolute Gasteiger partial charge is 0.507 e. The Balaban J connectivity index is 2.07. The molecule has 0 radical (unpaired) electrons. The van der Waals surface area contributed by atoms with E-state index in [1.54, 1.807) is 42.5 Å². The second-order valence-corrected chi connectivity index (χ2v) is 8.20. The number of aliphatic hydroxyl groups excluding tert-OH is 1. The summed E-state index contributed by atoms with van der Waals surface area (Å²) in [5.41, 5.74) is 0.918. The highest BCUT2D eigenvalue weighted by atomic mass is 16.5. The maximum atomic E-state index is 13.1. The zero-order valence-corrected chi connectivity index (χ0v) is 19.7. The Morgan fingerprint density at radius 3 is 2.50 bits per heavy atom. The summed E-state index contributed by atoms with van der Waals surface area (Å²) in [7, 11) is 5.28. The van der Waals surface area contributed by atoms with Crippen molar-refractivity contribution >= 4 is 17.4 Å². The van der Waals surface area contributed by atoms with Crippen molar-refractivity contribution in [3.8, 4) is 17.2 Å². The quantitative estimate of drug-likeness (QED) is 0.240. The van der Waals surface area contributed by atoms with Crippen LogP contribution < -0.4 is 9.47 Å². The van der Waals surface area contributed by atoms with Crippen LogP contribution in [0.3, 0.4) is 0 Å². The fourth-order valence-electron chi connectivity index (χ4n) is 3.90.